The summed E-state index contributed by atoms with van der Waals surface area (Å²) in [5.74, 6) is -4.15. The molecular formula is C28H39N7O7S. The Bertz CT molecular complexity index is 1310. The molecule has 1 aliphatic rings. The molecule has 0 spiro atoms. The van der Waals surface area contributed by atoms with E-state index in [9.17, 15) is 14.4 Å². The van der Waals surface area contributed by atoms with Crippen molar-refractivity contribution in [2.24, 2.45) is 0 Å². The summed E-state index contributed by atoms with van der Waals surface area (Å²) in [7, 11) is 2.17. The largest absolute Gasteiger partial charge is 0.481 e. The van der Waals surface area contributed by atoms with Gasteiger partial charge in [0.05, 0.1) is 24.9 Å². The number of nitrogens with zero attached hydrogens (tertiary/aromatic N) is 7. The Hall–Kier alpha value is -3.92. The van der Waals surface area contributed by atoms with Crippen molar-refractivity contribution in [2.75, 3.05) is 44.7 Å². The molecule has 1 fully saturated rings. The number of hydrogen-bond donors (Lipinski definition) is 4. The summed E-state index contributed by atoms with van der Waals surface area (Å²) in [6, 6.07) is 6.51. The molecule has 0 amide bonds. The van der Waals surface area contributed by atoms with E-state index >= 15 is 0 Å². The highest BCUT2D eigenvalue weighted by molar-refractivity contribution is 7.11. The molecule has 0 aliphatic carbocycles. The number of hydrogen-bond acceptors (Lipinski definition) is 11. The van der Waals surface area contributed by atoms with Crippen LogP contribution in [0.15, 0.2) is 43.1 Å². The zero-order chi connectivity index (χ0) is 31.4. The van der Waals surface area contributed by atoms with Gasteiger partial charge in [-0.1, -0.05) is 0 Å². The van der Waals surface area contributed by atoms with Gasteiger partial charge in [0.1, 0.15) is 0 Å². The number of piperazine rings is 1. The van der Waals surface area contributed by atoms with Gasteiger partial charge in [0.15, 0.2) is 5.60 Å². The highest BCUT2D eigenvalue weighted by Crippen LogP contribution is 2.19. The maximum atomic E-state index is 10.3. The molecule has 15 heteroatoms. The second kappa shape index (κ2) is 16.1. The zero-order valence-electron chi connectivity index (χ0n) is 24.4. The van der Waals surface area contributed by atoms with Crippen molar-refractivity contribution >= 4 is 35.2 Å². The predicted molar refractivity (Wildman–Crippen MR) is 159 cm³/mol. The topological polar surface area (TPSA) is 185 Å². The molecule has 0 radical (unpaired) electrons. The highest BCUT2D eigenvalue weighted by Gasteiger charge is 2.40. The van der Waals surface area contributed by atoms with Crippen LogP contribution in [-0.4, -0.2) is 113 Å². The van der Waals surface area contributed by atoms with Crippen molar-refractivity contribution in [1.82, 2.24) is 29.3 Å². The molecule has 0 saturated carbocycles. The number of carboxylic acid groups (broad SMARTS) is 3. The molecule has 14 nitrogen and oxygen atoms in total. The van der Waals surface area contributed by atoms with Gasteiger partial charge in [0.25, 0.3) is 0 Å². The number of anilines is 1. The lowest BCUT2D eigenvalue weighted by molar-refractivity contribution is -0.170. The predicted octanol–water partition coefficient (Wildman–Crippen LogP) is 1.64. The minimum absolute atomic E-state index is 0.837. The summed E-state index contributed by atoms with van der Waals surface area (Å²) in [5.41, 5.74) is -1.65. The van der Waals surface area contributed by atoms with Gasteiger partial charge in [0.2, 0.25) is 5.95 Å². The second-order valence-corrected chi connectivity index (χ2v) is 11.9. The monoisotopic (exact) mass is 617 g/mol. The Labute approximate surface area is 253 Å². The standard InChI is InChI=1S/C22H31N7S.C6H8O7/c1-19-4-5-21(30-19)17-28(10-3-9-27-11-8-23-18-27)16-20-6-7-24-22(25-20)29-14-12-26(2)13-15-29;7-3(8)1-6(13,5(11)12)2-4(9)10/h4-8,11,18H,3,9-10,12-17H2,1-2H3;13H,1-2H2,(H,7,8)(H,9,10)(H,11,12). The Morgan fingerprint density at radius 1 is 1.00 bits per heavy atom. The van der Waals surface area contributed by atoms with Crippen molar-refractivity contribution < 1.29 is 34.8 Å². The summed E-state index contributed by atoms with van der Waals surface area (Å²) in [5, 5.41) is 33.8. The maximum Gasteiger partial charge on any atom is 0.336 e. The molecule has 4 rings (SSSR count). The van der Waals surface area contributed by atoms with Crippen LogP contribution in [0.1, 0.15) is 34.7 Å². The Morgan fingerprint density at radius 3 is 2.26 bits per heavy atom. The van der Waals surface area contributed by atoms with E-state index < -0.39 is 36.4 Å². The highest BCUT2D eigenvalue weighted by atomic mass is 32.1. The van der Waals surface area contributed by atoms with Crippen LogP contribution in [-0.2, 0) is 34.0 Å². The molecule has 3 aromatic rings. The number of carboxylic acids is 3. The molecule has 234 valence electrons. The molecular weight excluding hydrogens is 578 g/mol. The first-order valence-corrected chi connectivity index (χ1v) is 14.6. The molecule has 1 aliphatic heterocycles. The number of likely N-dealkylation sites (N-methyl/N-ethyl adjacent to an activating group) is 1. The minimum Gasteiger partial charge on any atom is -0.481 e. The lowest BCUT2D eigenvalue weighted by Crippen LogP contribution is -2.45. The maximum absolute atomic E-state index is 10.3. The van der Waals surface area contributed by atoms with Crippen molar-refractivity contribution in [3.63, 3.8) is 0 Å². The van der Waals surface area contributed by atoms with Gasteiger partial charge in [-0.05, 0) is 38.6 Å². The van der Waals surface area contributed by atoms with Crippen LogP contribution >= 0.6 is 11.3 Å². The molecule has 4 N–H and O–H groups in total. The van der Waals surface area contributed by atoms with E-state index in [1.807, 2.05) is 36.3 Å². The lowest BCUT2D eigenvalue weighted by atomic mass is 9.96. The van der Waals surface area contributed by atoms with Gasteiger partial charge >= 0.3 is 17.9 Å². The smallest absolute Gasteiger partial charge is 0.336 e. The summed E-state index contributed by atoms with van der Waals surface area (Å²) in [6.07, 6.45) is 6.46. The van der Waals surface area contributed by atoms with Crippen LogP contribution in [0.5, 0.6) is 0 Å². The van der Waals surface area contributed by atoms with Gasteiger partial charge in [0, 0.05) is 80.7 Å². The average molecular weight is 618 g/mol. The number of aliphatic hydroxyl groups is 1. The Kier molecular flexibility index (Phi) is 12.5. The number of aromatic nitrogens is 4. The van der Waals surface area contributed by atoms with Crippen molar-refractivity contribution in [3.8, 4) is 0 Å². The second-order valence-electron chi connectivity index (χ2n) is 10.5. The van der Waals surface area contributed by atoms with Gasteiger partial charge in [-0.3, -0.25) is 14.5 Å². The molecule has 1 saturated heterocycles. The third-order valence-electron chi connectivity index (χ3n) is 6.78. The third kappa shape index (κ3) is 11.4. The van der Waals surface area contributed by atoms with E-state index in [1.165, 1.54) is 9.75 Å². The SMILES string of the molecule is Cc1ccc(CN(CCCn2ccnc2)Cc2ccnc(N3CCN(C)CC3)n2)s1.O=C(O)CC(O)(CC(=O)O)C(=O)O. The first kappa shape index (κ1) is 33.6. The van der Waals surface area contributed by atoms with E-state index in [1.54, 1.807) is 0 Å². The molecule has 3 aromatic heterocycles. The Balaban J connectivity index is 0.000000331. The van der Waals surface area contributed by atoms with Crippen molar-refractivity contribution in [3.05, 3.63) is 58.6 Å². The van der Waals surface area contributed by atoms with E-state index in [0.717, 1.165) is 70.4 Å². The average Bonchev–Trinajstić information content (AvgIpc) is 3.60. The number of imidazole rings is 1. The van der Waals surface area contributed by atoms with Crippen molar-refractivity contribution in [1.29, 1.82) is 0 Å². The fourth-order valence-corrected chi connectivity index (χ4v) is 5.41. The van der Waals surface area contributed by atoms with Crippen molar-refractivity contribution in [2.45, 2.75) is 51.4 Å². The molecule has 0 aromatic carbocycles. The fraction of sp³-hybridized carbons (Fsp3) is 0.500. The summed E-state index contributed by atoms with van der Waals surface area (Å²) < 4.78 is 2.14. The number of aryl methyl sites for hydroxylation is 2. The summed E-state index contributed by atoms with van der Waals surface area (Å²) in [4.78, 5) is 54.0. The number of rotatable bonds is 14. The van der Waals surface area contributed by atoms with Crippen LogP contribution in [0.3, 0.4) is 0 Å². The summed E-state index contributed by atoms with van der Waals surface area (Å²) >= 11 is 1.88. The number of carbonyl (C=O) groups is 3. The molecule has 0 unspecified atom stereocenters. The first-order chi connectivity index (χ1) is 20.4. The van der Waals surface area contributed by atoms with Gasteiger partial charge in [-0.25, -0.2) is 19.7 Å². The van der Waals surface area contributed by atoms with Crippen LogP contribution < -0.4 is 4.90 Å². The molecule has 4 heterocycles. The van der Waals surface area contributed by atoms with E-state index in [0.29, 0.717) is 0 Å². The van der Waals surface area contributed by atoms with E-state index in [4.69, 9.17) is 25.4 Å². The van der Waals surface area contributed by atoms with Gasteiger partial charge < -0.3 is 34.8 Å². The molecule has 0 atom stereocenters. The molecule has 43 heavy (non-hydrogen) atoms. The third-order valence-corrected chi connectivity index (χ3v) is 7.77. The normalized spacial score (nSPS) is 13.9. The van der Waals surface area contributed by atoms with E-state index in [-0.39, 0.29) is 0 Å². The van der Waals surface area contributed by atoms with E-state index in [2.05, 4.69) is 61.4 Å². The lowest BCUT2D eigenvalue weighted by Gasteiger charge is -2.32. The van der Waals surface area contributed by atoms with Crippen LogP contribution in [0, 0.1) is 6.92 Å². The van der Waals surface area contributed by atoms with Gasteiger partial charge in [-0.15, -0.1) is 11.3 Å². The molecule has 0 bridgehead atoms. The zero-order valence-corrected chi connectivity index (χ0v) is 25.2. The Morgan fingerprint density at radius 2 is 1.70 bits per heavy atom. The minimum atomic E-state index is -2.74. The fourth-order valence-electron chi connectivity index (χ4n) is 4.47. The quantitative estimate of drug-likeness (QED) is 0.205. The van der Waals surface area contributed by atoms with Gasteiger partial charge in [-0.2, -0.15) is 0 Å². The number of aliphatic carboxylic acids is 3. The summed E-state index contributed by atoms with van der Waals surface area (Å²) in [6.45, 7) is 10.1. The van der Waals surface area contributed by atoms with Crippen LogP contribution in [0.4, 0.5) is 5.95 Å². The van der Waals surface area contributed by atoms with Crippen LogP contribution in [0.2, 0.25) is 0 Å². The first-order valence-electron chi connectivity index (χ1n) is 13.8. The van der Waals surface area contributed by atoms with Crippen LogP contribution in [0.25, 0.3) is 0 Å². The number of thiophene rings is 1.